The van der Waals surface area contributed by atoms with Crippen LogP contribution in [0.4, 0.5) is 5.82 Å². The summed E-state index contributed by atoms with van der Waals surface area (Å²) < 4.78 is 4.84. The number of aryl methyl sites for hydroxylation is 1. The van der Waals surface area contributed by atoms with Crippen LogP contribution in [-0.2, 0) is 4.74 Å². The SMILES string of the molecule is CNc1cc(C(=O)N(C)CC(O)COC)cc(C)n1. The van der Waals surface area contributed by atoms with E-state index in [4.69, 9.17) is 4.74 Å². The van der Waals surface area contributed by atoms with Gasteiger partial charge in [-0.25, -0.2) is 4.98 Å². The molecule has 1 unspecified atom stereocenters. The second kappa shape index (κ2) is 7.06. The number of amides is 1. The van der Waals surface area contributed by atoms with Crippen LogP contribution in [0.2, 0.25) is 0 Å². The van der Waals surface area contributed by atoms with E-state index in [2.05, 4.69) is 10.3 Å². The van der Waals surface area contributed by atoms with Crippen molar-refractivity contribution in [3.63, 3.8) is 0 Å². The van der Waals surface area contributed by atoms with E-state index in [1.165, 1.54) is 12.0 Å². The first-order chi connectivity index (χ1) is 8.97. The van der Waals surface area contributed by atoms with Gasteiger partial charge in [-0.15, -0.1) is 0 Å². The minimum Gasteiger partial charge on any atom is -0.389 e. The van der Waals surface area contributed by atoms with Gasteiger partial charge in [0.25, 0.3) is 5.91 Å². The molecule has 6 nitrogen and oxygen atoms in total. The lowest BCUT2D eigenvalue weighted by molar-refractivity contribution is 0.0380. The Hall–Kier alpha value is -1.66. The Kier molecular flexibility index (Phi) is 5.72. The fourth-order valence-corrected chi connectivity index (χ4v) is 1.78. The van der Waals surface area contributed by atoms with Gasteiger partial charge in [0.15, 0.2) is 0 Å². The fraction of sp³-hybridized carbons (Fsp3) is 0.538. The summed E-state index contributed by atoms with van der Waals surface area (Å²) in [6, 6.07) is 3.41. The number of hydrogen-bond acceptors (Lipinski definition) is 5. The van der Waals surface area contributed by atoms with Crippen LogP contribution in [0, 0.1) is 6.92 Å². The molecule has 0 aliphatic carbocycles. The van der Waals surface area contributed by atoms with E-state index < -0.39 is 6.10 Å². The molecule has 6 heteroatoms. The molecule has 1 aromatic rings. The van der Waals surface area contributed by atoms with Crippen LogP contribution in [0.15, 0.2) is 12.1 Å². The van der Waals surface area contributed by atoms with Gasteiger partial charge in [0.05, 0.1) is 12.7 Å². The first-order valence-electron chi connectivity index (χ1n) is 6.06. The van der Waals surface area contributed by atoms with Gasteiger partial charge < -0.3 is 20.1 Å². The highest BCUT2D eigenvalue weighted by atomic mass is 16.5. The Morgan fingerprint density at radius 2 is 2.26 bits per heavy atom. The third kappa shape index (κ3) is 4.50. The molecule has 0 radical (unpaired) electrons. The number of aromatic nitrogens is 1. The molecule has 0 aliphatic rings. The van der Waals surface area contributed by atoms with E-state index in [1.807, 2.05) is 6.92 Å². The number of rotatable bonds is 6. The van der Waals surface area contributed by atoms with Gasteiger partial charge >= 0.3 is 0 Å². The summed E-state index contributed by atoms with van der Waals surface area (Å²) in [7, 11) is 4.91. The summed E-state index contributed by atoms with van der Waals surface area (Å²) in [4.78, 5) is 17.9. The van der Waals surface area contributed by atoms with Crippen molar-refractivity contribution in [2.75, 3.05) is 39.7 Å². The maximum Gasteiger partial charge on any atom is 0.253 e. The lowest BCUT2D eigenvalue weighted by Gasteiger charge is -2.21. The van der Waals surface area contributed by atoms with Crippen molar-refractivity contribution in [3.05, 3.63) is 23.4 Å². The minimum atomic E-state index is -0.689. The average Bonchev–Trinajstić information content (AvgIpc) is 2.37. The first kappa shape index (κ1) is 15.4. The normalized spacial score (nSPS) is 12.1. The number of aliphatic hydroxyl groups excluding tert-OH is 1. The van der Waals surface area contributed by atoms with Crippen LogP contribution in [0.1, 0.15) is 16.1 Å². The lowest BCUT2D eigenvalue weighted by atomic mass is 10.2. The van der Waals surface area contributed by atoms with Crippen molar-refractivity contribution in [2.45, 2.75) is 13.0 Å². The van der Waals surface area contributed by atoms with E-state index in [0.717, 1.165) is 5.69 Å². The highest BCUT2D eigenvalue weighted by molar-refractivity contribution is 5.94. The maximum absolute atomic E-state index is 12.2. The maximum atomic E-state index is 12.2. The van der Waals surface area contributed by atoms with Crippen LogP contribution in [-0.4, -0.2) is 61.4 Å². The summed E-state index contributed by atoms with van der Waals surface area (Å²) >= 11 is 0. The van der Waals surface area contributed by atoms with Crippen molar-refractivity contribution >= 4 is 11.7 Å². The van der Waals surface area contributed by atoms with Crippen LogP contribution < -0.4 is 5.32 Å². The topological polar surface area (TPSA) is 74.7 Å². The molecule has 0 spiro atoms. The number of ether oxygens (including phenoxy) is 1. The lowest BCUT2D eigenvalue weighted by Crippen LogP contribution is -2.36. The number of nitrogens with one attached hydrogen (secondary N) is 1. The molecule has 0 aromatic carbocycles. The Morgan fingerprint density at radius 3 is 2.84 bits per heavy atom. The monoisotopic (exact) mass is 267 g/mol. The zero-order valence-corrected chi connectivity index (χ0v) is 11.8. The number of aliphatic hydroxyl groups is 1. The van der Waals surface area contributed by atoms with E-state index >= 15 is 0 Å². The Labute approximate surface area is 113 Å². The number of anilines is 1. The molecule has 1 amide bonds. The predicted molar refractivity (Wildman–Crippen MR) is 73.4 cm³/mol. The summed E-state index contributed by atoms with van der Waals surface area (Å²) in [5.74, 6) is 0.492. The Bertz CT molecular complexity index is 437. The molecule has 0 aliphatic heterocycles. The largest absolute Gasteiger partial charge is 0.389 e. The molecule has 19 heavy (non-hydrogen) atoms. The number of methoxy groups -OCH3 is 1. The second-order valence-corrected chi connectivity index (χ2v) is 4.43. The van der Waals surface area contributed by atoms with Crippen LogP contribution in [0.25, 0.3) is 0 Å². The minimum absolute atomic E-state index is 0.155. The summed E-state index contributed by atoms with van der Waals surface area (Å²) in [5, 5.41) is 12.5. The number of carbonyl (C=O) groups excluding carboxylic acids is 1. The smallest absolute Gasteiger partial charge is 0.253 e. The highest BCUT2D eigenvalue weighted by Gasteiger charge is 2.16. The molecule has 0 saturated heterocycles. The van der Waals surface area contributed by atoms with Crippen molar-refractivity contribution in [2.24, 2.45) is 0 Å². The van der Waals surface area contributed by atoms with Gasteiger partial charge in [0, 0.05) is 39.0 Å². The van der Waals surface area contributed by atoms with Gasteiger partial charge in [0.1, 0.15) is 5.82 Å². The Morgan fingerprint density at radius 1 is 1.58 bits per heavy atom. The highest BCUT2D eigenvalue weighted by Crippen LogP contribution is 2.11. The number of pyridine rings is 1. The van der Waals surface area contributed by atoms with Crippen molar-refractivity contribution < 1.29 is 14.6 Å². The standard InChI is InChI=1S/C13H21N3O3/c1-9-5-10(6-12(14-2)15-9)13(18)16(3)7-11(17)8-19-4/h5-6,11,17H,7-8H2,1-4H3,(H,14,15). The van der Waals surface area contributed by atoms with Crippen molar-refractivity contribution in [1.82, 2.24) is 9.88 Å². The average molecular weight is 267 g/mol. The first-order valence-corrected chi connectivity index (χ1v) is 6.06. The summed E-state index contributed by atoms with van der Waals surface area (Å²) in [5.41, 5.74) is 1.31. The van der Waals surface area contributed by atoms with E-state index in [9.17, 15) is 9.90 Å². The summed E-state index contributed by atoms with van der Waals surface area (Å²) in [6.45, 7) is 2.26. The van der Waals surface area contributed by atoms with Crippen molar-refractivity contribution in [3.8, 4) is 0 Å². The molecule has 0 saturated carbocycles. The van der Waals surface area contributed by atoms with Gasteiger partial charge in [-0.3, -0.25) is 4.79 Å². The van der Waals surface area contributed by atoms with Gasteiger partial charge in [-0.1, -0.05) is 0 Å². The molecule has 1 atom stereocenters. The van der Waals surface area contributed by atoms with E-state index in [0.29, 0.717) is 11.4 Å². The molecular weight excluding hydrogens is 246 g/mol. The van der Waals surface area contributed by atoms with Crippen molar-refractivity contribution in [1.29, 1.82) is 0 Å². The molecular formula is C13H21N3O3. The van der Waals surface area contributed by atoms with Crippen LogP contribution in [0.5, 0.6) is 0 Å². The molecule has 2 N–H and O–H groups in total. The number of hydrogen-bond donors (Lipinski definition) is 2. The third-order valence-electron chi connectivity index (χ3n) is 2.65. The summed E-state index contributed by atoms with van der Waals surface area (Å²) in [6.07, 6.45) is -0.689. The molecule has 106 valence electrons. The van der Waals surface area contributed by atoms with Gasteiger partial charge in [-0.05, 0) is 19.1 Å². The van der Waals surface area contributed by atoms with Crippen LogP contribution >= 0.6 is 0 Å². The second-order valence-electron chi connectivity index (χ2n) is 4.43. The molecule has 0 fully saturated rings. The predicted octanol–water partition coefficient (Wildman–Crippen LogP) is 0.511. The van der Waals surface area contributed by atoms with E-state index in [1.54, 1.807) is 26.2 Å². The zero-order chi connectivity index (χ0) is 14.4. The molecule has 1 rings (SSSR count). The number of likely N-dealkylation sites (N-methyl/N-ethyl adjacent to an activating group) is 1. The third-order valence-corrected chi connectivity index (χ3v) is 2.65. The fourth-order valence-electron chi connectivity index (χ4n) is 1.78. The quantitative estimate of drug-likeness (QED) is 0.785. The van der Waals surface area contributed by atoms with Gasteiger partial charge in [0.2, 0.25) is 0 Å². The zero-order valence-electron chi connectivity index (χ0n) is 11.8. The molecule has 0 bridgehead atoms. The van der Waals surface area contributed by atoms with Gasteiger partial charge in [-0.2, -0.15) is 0 Å². The molecule has 1 heterocycles. The number of carbonyl (C=O) groups is 1. The number of nitrogens with zero attached hydrogens (tertiary/aromatic N) is 2. The molecule has 1 aromatic heterocycles. The van der Waals surface area contributed by atoms with E-state index in [-0.39, 0.29) is 19.1 Å². The van der Waals surface area contributed by atoms with Crippen LogP contribution in [0.3, 0.4) is 0 Å². The Balaban J connectivity index is 2.79.